The molecule has 19 heavy (non-hydrogen) atoms. The third-order valence-electron chi connectivity index (χ3n) is 2.78. The quantitative estimate of drug-likeness (QED) is 0.735. The van der Waals surface area contributed by atoms with Crippen molar-refractivity contribution in [1.29, 1.82) is 0 Å². The van der Waals surface area contributed by atoms with Crippen LogP contribution in [0.1, 0.15) is 5.69 Å². The minimum atomic E-state index is 0.365. The van der Waals surface area contributed by atoms with Gasteiger partial charge in [0.15, 0.2) is 5.82 Å². The first-order valence-corrected chi connectivity index (χ1v) is 6.26. The van der Waals surface area contributed by atoms with Crippen molar-refractivity contribution in [3.8, 4) is 11.4 Å². The van der Waals surface area contributed by atoms with E-state index in [4.69, 9.17) is 11.6 Å². The third kappa shape index (κ3) is 2.48. The molecule has 0 radical (unpaired) electrons. The van der Waals surface area contributed by atoms with Crippen molar-refractivity contribution in [3.05, 3.63) is 65.7 Å². The number of rotatable bonds is 3. The molecule has 1 aromatic carbocycles. The molecule has 0 amide bonds. The van der Waals surface area contributed by atoms with E-state index < -0.39 is 0 Å². The SMILES string of the molecule is Clc1nnc(-c2ccccc2)n1Cc1ccccn1. The second-order valence-electron chi connectivity index (χ2n) is 4.07. The van der Waals surface area contributed by atoms with Gasteiger partial charge in [-0.05, 0) is 23.7 Å². The molecule has 0 saturated heterocycles. The molecule has 0 aliphatic carbocycles. The van der Waals surface area contributed by atoms with Crippen molar-refractivity contribution < 1.29 is 0 Å². The summed E-state index contributed by atoms with van der Waals surface area (Å²) in [7, 11) is 0. The molecule has 0 N–H and O–H groups in total. The number of aromatic nitrogens is 4. The number of hydrogen-bond donors (Lipinski definition) is 0. The van der Waals surface area contributed by atoms with E-state index in [9.17, 15) is 0 Å². The molecule has 2 aromatic heterocycles. The highest BCUT2D eigenvalue weighted by molar-refractivity contribution is 6.28. The molecule has 0 atom stereocenters. The smallest absolute Gasteiger partial charge is 0.225 e. The molecule has 2 heterocycles. The Balaban J connectivity index is 2.00. The van der Waals surface area contributed by atoms with E-state index in [-0.39, 0.29) is 0 Å². The van der Waals surface area contributed by atoms with E-state index in [2.05, 4.69) is 15.2 Å². The van der Waals surface area contributed by atoms with Gasteiger partial charge in [-0.1, -0.05) is 36.4 Å². The maximum atomic E-state index is 6.11. The maximum absolute atomic E-state index is 6.11. The molecule has 0 aliphatic rings. The largest absolute Gasteiger partial charge is 0.292 e. The summed E-state index contributed by atoms with van der Waals surface area (Å²) in [5, 5.41) is 8.44. The molecule has 94 valence electrons. The summed E-state index contributed by atoms with van der Waals surface area (Å²) in [6, 6.07) is 15.6. The highest BCUT2D eigenvalue weighted by Crippen LogP contribution is 2.21. The van der Waals surface area contributed by atoms with Crippen LogP contribution in [0.4, 0.5) is 0 Å². The molecule has 0 aliphatic heterocycles. The first-order valence-electron chi connectivity index (χ1n) is 5.88. The Kier molecular flexibility index (Phi) is 3.25. The monoisotopic (exact) mass is 270 g/mol. The Bertz CT molecular complexity index is 664. The lowest BCUT2D eigenvalue weighted by Gasteiger charge is -2.07. The van der Waals surface area contributed by atoms with Gasteiger partial charge in [0, 0.05) is 11.8 Å². The normalized spacial score (nSPS) is 10.6. The molecule has 0 saturated carbocycles. The minimum Gasteiger partial charge on any atom is -0.292 e. The fourth-order valence-corrected chi connectivity index (χ4v) is 2.06. The van der Waals surface area contributed by atoms with Crippen molar-refractivity contribution in [2.75, 3.05) is 0 Å². The number of nitrogens with zero attached hydrogens (tertiary/aromatic N) is 4. The van der Waals surface area contributed by atoms with Gasteiger partial charge in [0.1, 0.15) is 0 Å². The van der Waals surface area contributed by atoms with Crippen molar-refractivity contribution in [3.63, 3.8) is 0 Å². The van der Waals surface area contributed by atoms with E-state index in [0.29, 0.717) is 11.8 Å². The Morgan fingerprint density at radius 2 is 1.74 bits per heavy atom. The van der Waals surface area contributed by atoms with Crippen LogP contribution in [0.15, 0.2) is 54.7 Å². The summed E-state index contributed by atoms with van der Waals surface area (Å²) >= 11 is 6.11. The molecule has 3 rings (SSSR count). The van der Waals surface area contributed by atoms with Crippen LogP contribution in [0, 0.1) is 0 Å². The van der Waals surface area contributed by atoms with Gasteiger partial charge in [-0.2, -0.15) is 0 Å². The second kappa shape index (κ2) is 5.20. The topological polar surface area (TPSA) is 43.6 Å². The summed E-state index contributed by atoms with van der Waals surface area (Å²) in [4.78, 5) is 4.29. The lowest BCUT2D eigenvalue weighted by atomic mass is 10.2. The standard InChI is InChI=1S/C14H11ClN4/c15-14-18-17-13(11-6-2-1-3-7-11)19(14)10-12-8-4-5-9-16-12/h1-9H,10H2. The van der Waals surface area contributed by atoms with Crippen LogP contribution in [0.5, 0.6) is 0 Å². The third-order valence-corrected chi connectivity index (χ3v) is 3.06. The average Bonchev–Trinajstić information content (AvgIpc) is 2.82. The fraction of sp³-hybridized carbons (Fsp3) is 0.0714. The number of hydrogen-bond acceptors (Lipinski definition) is 3. The first-order chi connectivity index (χ1) is 9.34. The number of halogens is 1. The average molecular weight is 271 g/mol. The Labute approximate surface area is 115 Å². The minimum absolute atomic E-state index is 0.365. The van der Waals surface area contributed by atoms with Gasteiger partial charge in [0.25, 0.3) is 0 Å². The number of benzene rings is 1. The summed E-state index contributed by atoms with van der Waals surface area (Å²) in [5.74, 6) is 0.747. The molecule has 3 aromatic rings. The van der Waals surface area contributed by atoms with Crippen LogP contribution in [0.25, 0.3) is 11.4 Å². The van der Waals surface area contributed by atoms with Gasteiger partial charge in [-0.15, -0.1) is 10.2 Å². The lowest BCUT2D eigenvalue weighted by Crippen LogP contribution is -2.04. The highest BCUT2D eigenvalue weighted by Gasteiger charge is 2.12. The Morgan fingerprint density at radius 1 is 0.947 bits per heavy atom. The van der Waals surface area contributed by atoms with Crippen molar-refractivity contribution in [2.45, 2.75) is 6.54 Å². The van der Waals surface area contributed by atoms with Crippen LogP contribution < -0.4 is 0 Å². The van der Waals surface area contributed by atoms with Gasteiger partial charge < -0.3 is 0 Å². The molecule has 5 heteroatoms. The van der Waals surface area contributed by atoms with Gasteiger partial charge in [0.2, 0.25) is 5.28 Å². The number of pyridine rings is 1. The maximum Gasteiger partial charge on any atom is 0.225 e. The lowest BCUT2D eigenvalue weighted by molar-refractivity contribution is 0.779. The van der Waals surface area contributed by atoms with E-state index in [1.54, 1.807) is 6.20 Å². The summed E-state index contributed by atoms with van der Waals surface area (Å²) in [6.45, 7) is 0.552. The molecule has 0 fully saturated rings. The summed E-state index contributed by atoms with van der Waals surface area (Å²) in [5.41, 5.74) is 1.90. The van der Waals surface area contributed by atoms with Gasteiger partial charge >= 0.3 is 0 Å². The summed E-state index contributed by atoms with van der Waals surface area (Å²) in [6.07, 6.45) is 1.76. The van der Waals surface area contributed by atoms with Crippen molar-refractivity contribution in [1.82, 2.24) is 19.7 Å². The van der Waals surface area contributed by atoms with Crippen molar-refractivity contribution in [2.24, 2.45) is 0 Å². The zero-order chi connectivity index (χ0) is 13.1. The Hall–Kier alpha value is -2.20. The molecule has 0 spiro atoms. The van der Waals surface area contributed by atoms with E-state index in [1.807, 2.05) is 53.1 Å². The van der Waals surface area contributed by atoms with Crippen molar-refractivity contribution >= 4 is 11.6 Å². The second-order valence-corrected chi connectivity index (χ2v) is 4.40. The van der Waals surface area contributed by atoms with E-state index >= 15 is 0 Å². The molecule has 0 bridgehead atoms. The van der Waals surface area contributed by atoms with Crippen LogP contribution in [-0.2, 0) is 6.54 Å². The predicted molar refractivity (Wildman–Crippen MR) is 73.8 cm³/mol. The van der Waals surface area contributed by atoms with Gasteiger partial charge in [0.05, 0.1) is 12.2 Å². The van der Waals surface area contributed by atoms with Gasteiger partial charge in [-0.3, -0.25) is 9.55 Å². The predicted octanol–water partition coefficient (Wildman–Crippen LogP) is 3.04. The van der Waals surface area contributed by atoms with E-state index in [0.717, 1.165) is 17.1 Å². The highest BCUT2D eigenvalue weighted by atomic mass is 35.5. The fourth-order valence-electron chi connectivity index (χ4n) is 1.88. The molecule has 0 unspecified atom stereocenters. The van der Waals surface area contributed by atoms with Crippen LogP contribution >= 0.6 is 11.6 Å². The Morgan fingerprint density at radius 3 is 2.47 bits per heavy atom. The molecular formula is C14H11ClN4. The molecular weight excluding hydrogens is 260 g/mol. The van der Waals surface area contributed by atoms with Gasteiger partial charge in [-0.25, -0.2) is 0 Å². The van der Waals surface area contributed by atoms with Crippen LogP contribution in [0.2, 0.25) is 5.28 Å². The zero-order valence-electron chi connectivity index (χ0n) is 10.1. The van der Waals surface area contributed by atoms with Crippen LogP contribution in [0.3, 0.4) is 0 Å². The first kappa shape index (κ1) is 11.9. The van der Waals surface area contributed by atoms with E-state index in [1.165, 1.54) is 0 Å². The molecule has 4 nitrogen and oxygen atoms in total. The van der Waals surface area contributed by atoms with Crippen LogP contribution in [-0.4, -0.2) is 19.7 Å². The summed E-state index contributed by atoms with van der Waals surface area (Å²) < 4.78 is 1.85. The zero-order valence-corrected chi connectivity index (χ0v) is 10.8.